The van der Waals surface area contributed by atoms with Crippen LogP contribution in [0.4, 0.5) is 32.5 Å². The number of aromatic nitrogens is 1. The number of benzene rings is 2. The SMILES string of the molecule is CC(=O)OC(C(=O)Nc1ccc2c(N(C(=O)OC(C)(C)C)C(=O)OC(C)(C)C)nccc2c1)C1OCCN(c2cccc(N3CCOCC3=O)c2)C1=O. The summed E-state index contributed by atoms with van der Waals surface area (Å²) >= 11 is 0. The fraction of sp³-hybridized carbons (Fsp3) is 0.432. The van der Waals surface area contributed by atoms with Crippen molar-refractivity contribution in [2.24, 2.45) is 0 Å². The van der Waals surface area contributed by atoms with Gasteiger partial charge in [-0.15, -0.1) is 0 Å². The van der Waals surface area contributed by atoms with Crippen molar-refractivity contribution in [2.45, 2.75) is 71.9 Å². The van der Waals surface area contributed by atoms with Crippen LogP contribution in [0.25, 0.3) is 10.8 Å². The highest BCUT2D eigenvalue weighted by Gasteiger charge is 2.43. The maximum Gasteiger partial charge on any atom is 0.425 e. The zero-order valence-corrected chi connectivity index (χ0v) is 30.7. The first-order valence-electron chi connectivity index (χ1n) is 17.0. The molecule has 2 aliphatic rings. The number of nitrogens with one attached hydrogen (secondary N) is 1. The number of morpholine rings is 2. The first-order chi connectivity index (χ1) is 24.9. The number of ether oxygens (including phenoxy) is 5. The van der Waals surface area contributed by atoms with Crippen LogP contribution in [0.15, 0.2) is 54.7 Å². The van der Waals surface area contributed by atoms with Crippen molar-refractivity contribution in [3.05, 3.63) is 54.7 Å². The summed E-state index contributed by atoms with van der Waals surface area (Å²) in [6.45, 7) is 11.9. The molecule has 0 spiro atoms. The van der Waals surface area contributed by atoms with Crippen LogP contribution < -0.4 is 20.0 Å². The highest BCUT2D eigenvalue weighted by atomic mass is 16.6. The number of hydrogen-bond acceptors (Lipinski definition) is 12. The monoisotopic (exact) mass is 733 g/mol. The Morgan fingerprint density at radius 2 is 1.53 bits per heavy atom. The lowest BCUT2D eigenvalue weighted by Crippen LogP contribution is -2.56. The summed E-state index contributed by atoms with van der Waals surface area (Å²) in [5.74, 6) is -2.56. The third-order valence-corrected chi connectivity index (χ3v) is 7.76. The fourth-order valence-electron chi connectivity index (χ4n) is 5.62. The second-order valence-corrected chi connectivity index (χ2v) is 14.3. The predicted octanol–water partition coefficient (Wildman–Crippen LogP) is 4.58. The lowest BCUT2D eigenvalue weighted by molar-refractivity contribution is -0.167. The van der Waals surface area contributed by atoms with Gasteiger partial charge in [0, 0.05) is 48.7 Å². The largest absolute Gasteiger partial charge is 0.449 e. The van der Waals surface area contributed by atoms with E-state index in [0.717, 1.165) is 6.92 Å². The van der Waals surface area contributed by atoms with Crippen LogP contribution in [0.5, 0.6) is 0 Å². The fourth-order valence-corrected chi connectivity index (χ4v) is 5.62. The number of esters is 1. The summed E-state index contributed by atoms with van der Waals surface area (Å²) in [5, 5.41) is 3.50. The van der Waals surface area contributed by atoms with Crippen LogP contribution in [-0.4, -0.2) is 97.2 Å². The van der Waals surface area contributed by atoms with E-state index >= 15 is 0 Å². The van der Waals surface area contributed by atoms with Gasteiger partial charge in [-0.25, -0.2) is 14.6 Å². The van der Waals surface area contributed by atoms with Crippen LogP contribution in [0.2, 0.25) is 0 Å². The summed E-state index contributed by atoms with van der Waals surface area (Å²) in [6.07, 6.45) is -3.79. The maximum absolute atomic E-state index is 13.9. The van der Waals surface area contributed by atoms with Gasteiger partial charge in [0.15, 0.2) is 11.9 Å². The van der Waals surface area contributed by atoms with Crippen LogP contribution in [0.1, 0.15) is 48.5 Å². The molecule has 3 heterocycles. The Labute approximate surface area is 306 Å². The van der Waals surface area contributed by atoms with Crippen LogP contribution in [-0.2, 0) is 42.9 Å². The highest BCUT2D eigenvalue weighted by molar-refractivity contribution is 6.14. The number of anilines is 4. The number of carbonyl (C=O) groups is 6. The quantitative estimate of drug-likeness (QED) is 0.264. The first-order valence-corrected chi connectivity index (χ1v) is 17.0. The lowest BCUT2D eigenvalue weighted by Gasteiger charge is -2.35. The molecule has 0 aliphatic carbocycles. The van der Waals surface area contributed by atoms with Crippen molar-refractivity contribution in [1.82, 2.24) is 4.98 Å². The molecule has 2 atom stereocenters. The third kappa shape index (κ3) is 9.44. The number of nitrogens with zero attached hydrogens (tertiary/aromatic N) is 4. The van der Waals surface area contributed by atoms with Crippen LogP contribution in [0.3, 0.4) is 0 Å². The van der Waals surface area contributed by atoms with Gasteiger partial charge in [-0.2, -0.15) is 4.90 Å². The molecule has 2 aromatic carbocycles. The van der Waals surface area contributed by atoms with E-state index in [1.807, 2.05) is 0 Å². The standard InChI is InChI=1S/C37H43N5O11/c1-22(43)51-29(30-33(46)41(16-18-50-30)26-10-8-9-25(20-26)40-15-17-49-21-28(40)44)32(45)39-24-11-12-27-23(19-24)13-14-38-31(27)42(34(47)52-36(2,3)4)35(48)53-37(5,6)7/h8-14,19-20,29-30H,15-18,21H2,1-7H3,(H,39,45). The van der Waals surface area contributed by atoms with E-state index in [0.29, 0.717) is 40.2 Å². The van der Waals surface area contributed by atoms with Crippen molar-refractivity contribution < 1.29 is 52.5 Å². The molecule has 16 heteroatoms. The highest BCUT2D eigenvalue weighted by Crippen LogP contribution is 2.31. The van der Waals surface area contributed by atoms with E-state index in [2.05, 4.69) is 10.3 Å². The average Bonchev–Trinajstić information content (AvgIpc) is 3.06. The Hall–Kier alpha value is -5.61. The molecule has 3 aromatic rings. The summed E-state index contributed by atoms with van der Waals surface area (Å²) in [6, 6.07) is 13.0. The van der Waals surface area contributed by atoms with E-state index < -0.39 is 53.4 Å². The molecule has 2 saturated heterocycles. The van der Waals surface area contributed by atoms with Crippen molar-refractivity contribution in [2.75, 3.05) is 52.9 Å². The van der Waals surface area contributed by atoms with Gasteiger partial charge >= 0.3 is 18.2 Å². The number of pyridine rings is 1. The van der Waals surface area contributed by atoms with Crippen LogP contribution in [0, 0.1) is 0 Å². The number of imide groups is 1. The van der Waals surface area contributed by atoms with Gasteiger partial charge in [-0.3, -0.25) is 19.2 Å². The van der Waals surface area contributed by atoms with Gasteiger partial charge in [-0.1, -0.05) is 6.07 Å². The molecule has 0 saturated carbocycles. The Morgan fingerprint density at radius 3 is 2.15 bits per heavy atom. The minimum atomic E-state index is -1.68. The Kier molecular flexibility index (Phi) is 11.3. The van der Waals surface area contributed by atoms with E-state index in [1.165, 1.54) is 23.2 Å². The van der Waals surface area contributed by atoms with E-state index in [4.69, 9.17) is 23.7 Å². The number of hydrogen-bond donors (Lipinski definition) is 1. The zero-order valence-electron chi connectivity index (χ0n) is 30.7. The summed E-state index contributed by atoms with van der Waals surface area (Å²) in [7, 11) is 0. The third-order valence-electron chi connectivity index (χ3n) is 7.76. The van der Waals surface area contributed by atoms with Gasteiger partial charge < -0.3 is 38.8 Å². The van der Waals surface area contributed by atoms with E-state index in [-0.39, 0.29) is 37.2 Å². The number of carbonyl (C=O) groups excluding carboxylic acids is 6. The van der Waals surface area contributed by atoms with E-state index in [9.17, 15) is 28.8 Å². The normalized spacial score (nSPS) is 17.2. The second kappa shape index (κ2) is 15.6. The maximum atomic E-state index is 13.9. The van der Waals surface area contributed by atoms with Gasteiger partial charge in [0.1, 0.15) is 17.8 Å². The Bertz CT molecular complexity index is 1890. The molecule has 53 heavy (non-hydrogen) atoms. The summed E-state index contributed by atoms with van der Waals surface area (Å²) in [4.78, 5) is 86.8. The molecule has 16 nitrogen and oxygen atoms in total. The van der Waals surface area contributed by atoms with Crippen molar-refractivity contribution in [1.29, 1.82) is 0 Å². The topological polar surface area (TPSA) is 183 Å². The van der Waals surface area contributed by atoms with Crippen molar-refractivity contribution >= 4 is 69.5 Å². The number of fused-ring (bicyclic) bond motifs is 1. The molecular weight excluding hydrogens is 690 g/mol. The van der Waals surface area contributed by atoms with Gasteiger partial charge in [0.2, 0.25) is 6.10 Å². The molecule has 5 rings (SSSR count). The Balaban J connectivity index is 1.40. The molecule has 282 valence electrons. The minimum Gasteiger partial charge on any atom is -0.449 e. The second-order valence-electron chi connectivity index (χ2n) is 14.3. The predicted molar refractivity (Wildman–Crippen MR) is 193 cm³/mol. The lowest BCUT2D eigenvalue weighted by atomic mass is 10.1. The molecule has 0 radical (unpaired) electrons. The molecule has 2 aliphatic heterocycles. The van der Waals surface area contributed by atoms with Gasteiger partial charge in [0.05, 0.1) is 13.2 Å². The minimum absolute atomic E-state index is 0.0275. The van der Waals surface area contributed by atoms with Crippen molar-refractivity contribution in [3.8, 4) is 0 Å². The summed E-state index contributed by atoms with van der Waals surface area (Å²) < 4.78 is 27.3. The Morgan fingerprint density at radius 1 is 0.887 bits per heavy atom. The molecule has 0 bridgehead atoms. The summed E-state index contributed by atoms with van der Waals surface area (Å²) in [5.41, 5.74) is -0.596. The zero-order chi connectivity index (χ0) is 38.7. The first kappa shape index (κ1) is 38.6. The molecule has 2 fully saturated rings. The number of amides is 5. The van der Waals surface area contributed by atoms with Gasteiger partial charge in [0.25, 0.3) is 17.7 Å². The molecule has 1 N–H and O–H groups in total. The van der Waals surface area contributed by atoms with Gasteiger partial charge in [-0.05, 0) is 89.4 Å². The van der Waals surface area contributed by atoms with E-state index in [1.54, 1.807) is 82.8 Å². The molecule has 5 amide bonds. The van der Waals surface area contributed by atoms with Crippen molar-refractivity contribution in [3.63, 3.8) is 0 Å². The van der Waals surface area contributed by atoms with Crippen LogP contribution >= 0.6 is 0 Å². The average molecular weight is 734 g/mol. The molecule has 1 aromatic heterocycles. The smallest absolute Gasteiger partial charge is 0.425 e. The molecule has 2 unspecified atom stereocenters. The molecular formula is C37H43N5O11. The number of rotatable bonds is 7.